The molecule has 2 fully saturated rings. The molecule has 2 aromatic heterocycles. The van der Waals surface area contributed by atoms with Gasteiger partial charge in [0, 0.05) is 37.3 Å². The number of nitrogens with one attached hydrogen (secondary N) is 1. The number of anilines is 2. The molecule has 1 aliphatic heterocycles. The van der Waals surface area contributed by atoms with Crippen LogP contribution in [0, 0.1) is 12.8 Å². The predicted molar refractivity (Wildman–Crippen MR) is 100 cm³/mol. The third-order valence-corrected chi connectivity index (χ3v) is 5.52. The van der Waals surface area contributed by atoms with Crippen LogP contribution < -0.4 is 5.32 Å². The van der Waals surface area contributed by atoms with Gasteiger partial charge in [-0.05, 0) is 50.3 Å². The molecule has 1 amide bonds. The second-order valence-corrected chi connectivity index (χ2v) is 7.35. The molecule has 0 aromatic carbocycles. The summed E-state index contributed by atoms with van der Waals surface area (Å²) in [6.45, 7) is 3.66. The number of aryl methyl sites for hydroxylation is 1. The number of nitrogens with zero attached hydrogens (tertiary/aromatic N) is 4. The Morgan fingerprint density at radius 3 is 2.81 bits per heavy atom. The van der Waals surface area contributed by atoms with Gasteiger partial charge in [0.15, 0.2) is 0 Å². The molecule has 2 aromatic rings. The fourth-order valence-electron chi connectivity index (χ4n) is 3.71. The molecule has 0 spiro atoms. The Labute approximate surface area is 154 Å². The average molecular weight is 351 g/mol. The molecule has 2 aliphatic rings. The Balaban J connectivity index is 1.47. The van der Waals surface area contributed by atoms with E-state index in [0.29, 0.717) is 11.9 Å². The lowest BCUT2D eigenvalue weighted by Crippen LogP contribution is -2.44. The number of likely N-dealkylation sites (tertiary alicyclic amines) is 1. The van der Waals surface area contributed by atoms with Crippen LogP contribution in [0.2, 0.25) is 0 Å². The quantitative estimate of drug-likeness (QED) is 0.914. The molecule has 0 radical (unpaired) electrons. The normalized spacial score (nSPS) is 20.5. The van der Waals surface area contributed by atoms with Crippen molar-refractivity contribution >= 4 is 17.7 Å². The van der Waals surface area contributed by atoms with Gasteiger partial charge in [0.05, 0.1) is 5.69 Å². The first-order valence-corrected chi connectivity index (χ1v) is 9.51. The molecule has 1 atom stereocenters. The number of hydrogen-bond donors (Lipinski definition) is 1. The minimum absolute atomic E-state index is 0.267. The highest BCUT2D eigenvalue weighted by atomic mass is 16.2. The van der Waals surface area contributed by atoms with Crippen molar-refractivity contribution in [2.24, 2.45) is 5.92 Å². The van der Waals surface area contributed by atoms with E-state index in [1.165, 1.54) is 6.42 Å². The third-order valence-electron chi connectivity index (χ3n) is 5.52. The van der Waals surface area contributed by atoms with E-state index in [9.17, 15) is 4.79 Å². The molecule has 0 bridgehead atoms. The van der Waals surface area contributed by atoms with Crippen LogP contribution in [-0.4, -0.2) is 38.8 Å². The van der Waals surface area contributed by atoms with E-state index >= 15 is 0 Å². The molecule has 26 heavy (non-hydrogen) atoms. The minimum Gasteiger partial charge on any atom is -0.342 e. The number of amides is 1. The minimum atomic E-state index is 0.267. The van der Waals surface area contributed by atoms with Gasteiger partial charge >= 0.3 is 0 Å². The molecule has 1 unspecified atom stereocenters. The van der Waals surface area contributed by atoms with Crippen molar-refractivity contribution in [3.63, 3.8) is 0 Å². The summed E-state index contributed by atoms with van der Waals surface area (Å²) in [7, 11) is 0. The Morgan fingerprint density at radius 1 is 1.15 bits per heavy atom. The Morgan fingerprint density at radius 2 is 2.04 bits per heavy atom. The van der Waals surface area contributed by atoms with E-state index in [1.54, 1.807) is 12.4 Å². The van der Waals surface area contributed by atoms with Gasteiger partial charge in [0.25, 0.3) is 0 Å². The van der Waals surface area contributed by atoms with Gasteiger partial charge < -0.3 is 10.2 Å². The van der Waals surface area contributed by atoms with Crippen LogP contribution >= 0.6 is 0 Å². The zero-order valence-corrected chi connectivity index (χ0v) is 15.2. The van der Waals surface area contributed by atoms with Crippen molar-refractivity contribution < 1.29 is 4.79 Å². The Hall–Kier alpha value is -2.50. The number of hydrogen-bond acceptors (Lipinski definition) is 5. The molecular formula is C20H25N5O. The molecule has 6 nitrogen and oxygen atoms in total. The number of piperidine rings is 1. The first-order valence-electron chi connectivity index (χ1n) is 9.51. The zero-order valence-electron chi connectivity index (χ0n) is 15.2. The van der Waals surface area contributed by atoms with Gasteiger partial charge in [-0.3, -0.25) is 4.79 Å². The molecule has 1 saturated carbocycles. The van der Waals surface area contributed by atoms with Crippen LogP contribution in [0.4, 0.5) is 11.8 Å². The monoisotopic (exact) mass is 351 g/mol. The highest BCUT2D eigenvalue weighted by Crippen LogP contribution is 2.32. The lowest BCUT2D eigenvalue weighted by Gasteiger charge is -2.37. The maximum Gasteiger partial charge on any atom is 0.228 e. The number of pyridine rings is 1. The van der Waals surface area contributed by atoms with Crippen LogP contribution in [0.5, 0.6) is 0 Å². The SMILES string of the molecule is Cc1cccnc1Nc1nccc(C2CCCN(C(=O)C3CCC3)C2)n1. The van der Waals surface area contributed by atoms with Gasteiger partial charge in [0.2, 0.25) is 11.9 Å². The fourth-order valence-corrected chi connectivity index (χ4v) is 3.71. The molecular weight excluding hydrogens is 326 g/mol. The first-order chi connectivity index (χ1) is 12.7. The van der Waals surface area contributed by atoms with Crippen molar-refractivity contribution in [1.82, 2.24) is 19.9 Å². The van der Waals surface area contributed by atoms with E-state index in [2.05, 4.69) is 20.2 Å². The largest absolute Gasteiger partial charge is 0.342 e. The van der Waals surface area contributed by atoms with E-state index in [-0.39, 0.29) is 11.8 Å². The molecule has 4 rings (SSSR count). The van der Waals surface area contributed by atoms with Gasteiger partial charge in [-0.15, -0.1) is 0 Å². The summed E-state index contributed by atoms with van der Waals surface area (Å²) in [5, 5.41) is 3.21. The van der Waals surface area contributed by atoms with E-state index < -0.39 is 0 Å². The summed E-state index contributed by atoms with van der Waals surface area (Å²) >= 11 is 0. The highest BCUT2D eigenvalue weighted by molar-refractivity contribution is 5.79. The van der Waals surface area contributed by atoms with Crippen molar-refractivity contribution in [3.05, 3.63) is 41.9 Å². The Bertz CT molecular complexity index is 789. The van der Waals surface area contributed by atoms with Gasteiger partial charge in [-0.2, -0.15) is 0 Å². The average Bonchev–Trinajstić information content (AvgIpc) is 2.63. The second kappa shape index (κ2) is 7.40. The number of aromatic nitrogens is 3. The molecule has 6 heteroatoms. The molecule has 1 N–H and O–H groups in total. The van der Waals surface area contributed by atoms with Crippen LogP contribution in [0.1, 0.15) is 49.3 Å². The third kappa shape index (κ3) is 3.54. The van der Waals surface area contributed by atoms with Crippen molar-refractivity contribution in [1.29, 1.82) is 0 Å². The van der Waals surface area contributed by atoms with Crippen LogP contribution in [-0.2, 0) is 4.79 Å². The molecule has 136 valence electrons. The van der Waals surface area contributed by atoms with Crippen molar-refractivity contribution in [2.75, 3.05) is 18.4 Å². The van der Waals surface area contributed by atoms with Crippen LogP contribution in [0.3, 0.4) is 0 Å². The van der Waals surface area contributed by atoms with Gasteiger partial charge in [-0.25, -0.2) is 15.0 Å². The smallest absolute Gasteiger partial charge is 0.228 e. The van der Waals surface area contributed by atoms with Crippen molar-refractivity contribution in [2.45, 2.75) is 44.9 Å². The van der Waals surface area contributed by atoms with Crippen LogP contribution in [0.15, 0.2) is 30.6 Å². The van der Waals surface area contributed by atoms with E-state index in [4.69, 9.17) is 4.98 Å². The number of carbonyl (C=O) groups is 1. The highest BCUT2D eigenvalue weighted by Gasteiger charge is 2.32. The van der Waals surface area contributed by atoms with Crippen molar-refractivity contribution in [3.8, 4) is 0 Å². The van der Waals surface area contributed by atoms with E-state index in [0.717, 1.165) is 55.8 Å². The lowest BCUT2D eigenvalue weighted by atomic mass is 9.83. The first kappa shape index (κ1) is 16.9. The second-order valence-electron chi connectivity index (χ2n) is 7.35. The summed E-state index contributed by atoms with van der Waals surface area (Å²) in [5.41, 5.74) is 2.05. The van der Waals surface area contributed by atoms with Gasteiger partial charge in [0.1, 0.15) is 5.82 Å². The standard InChI is InChI=1S/C20H25N5O/c1-14-5-3-10-21-18(14)24-20-22-11-9-17(23-20)16-8-4-12-25(13-16)19(26)15-6-2-7-15/h3,5,9-11,15-16H,2,4,6-8,12-13H2,1H3,(H,21,22,23,24). The molecule has 3 heterocycles. The Kier molecular flexibility index (Phi) is 4.82. The summed E-state index contributed by atoms with van der Waals surface area (Å²) in [4.78, 5) is 28.0. The predicted octanol–water partition coefficient (Wildman–Crippen LogP) is 3.43. The summed E-state index contributed by atoms with van der Waals surface area (Å²) in [6.07, 6.45) is 8.96. The van der Waals surface area contributed by atoms with Gasteiger partial charge in [-0.1, -0.05) is 12.5 Å². The van der Waals surface area contributed by atoms with Crippen LogP contribution in [0.25, 0.3) is 0 Å². The number of carbonyl (C=O) groups excluding carboxylic acids is 1. The lowest BCUT2D eigenvalue weighted by molar-refractivity contribution is -0.139. The summed E-state index contributed by atoms with van der Waals surface area (Å²) in [5.74, 6) is 2.23. The summed E-state index contributed by atoms with van der Waals surface area (Å²) < 4.78 is 0. The molecule has 1 saturated heterocycles. The molecule has 1 aliphatic carbocycles. The zero-order chi connectivity index (χ0) is 17.9. The number of rotatable bonds is 4. The van der Waals surface area contributed by atoms with E-state index in [1.807, 2.05) is 25.1 Å². The topological polar surface area (TPSA) is 71.0 Å². The summed E-state index contributed by atoms with van der Waals surface area (Å²) in [6, 6.07) is 5.89. The maximum atomic E-state index is 12.6. The maximum absolute atomic E-state index is 12.6. The fraction of sp³-hybridized carbons (Fsp3) is 0.500.